The van der Waals surface area contributed by atoms with Crippen LogP contribution in [0.2, 0.25) is 0 Å². The lowest BCUT2D eigenvalue weighted by Crippen LogP contribution is -2.36. The molecule has 0 spiro atoms. The molecule has 94 valence electrons. The topological polar surface area (TPSA) is 107 Å². The van der Waals surface area contributed by atoms with E-state index in [4.69, 9.17) is 5.73 Å². The summed E-state index contributed by atoms with van der Waals surface area (Å²) in [6.45, 7) is 0. The van der Waals surface area contributed by atoms with Gasteiger partial charge in [0.2, 0.25) is 0 Å². The number of benzene rings is 1. The van der Waals surface area contributed by atoms with Crippen LogP contribution in [-0.4, -0.2) is 26.5 Å². The predicted octanol–water partition coefficient (Wildman–Crippen LogP) is 0.964. The molecule has 0 aliphatic heterocycles. The summed E-state index contributed by atoms with van der Waals surface area (Å²) in [4.78, 5) is 0. The van der Waals surface area contributed by atoms with Crippen LogP contribution in [0.4, 0.5) is 0 Å². The van der Waals surface area contributed by atoms with Crippen molar-refractivity contribution >= 4 is 0 Å². The summed E-state index contributed by atoms with van der Waals surface area (Å²) < 4.78 is 0. The smallest absolute Gasteiger partial charge is 0.127 e. The van der Waals surface area contributed by atoms with E-state index in [-0.39, 0.29) is 28.7 Å². The van der Waals surface area contributed by atoms with Crippen LogP contribution >= 0.6 is 0 Å². The fourth-order valence-corrected chi connectivity index (χ4v) is 2.20. The largest absolute Gasteiger partial charge is 0.508 e. The van der Waals surface area contributed by atoms with Gasteiger partial charge in [-0.05, 0) is 18.8 Å². The Bertz CT molecular complexity index is 394. The first-order chi connectivity index (χ1) is 8.00. The van der Waals surface area contributed by atoms with Crippen LogP contribution < -0.4 is 5.73 Å². The summed E-state index contributed by atoms with van der Waals surface area (Å²) in [5, 5.41) is 38.5. The van der Waals surface area contributed by atoms with E-state index in [1.165, 1.54) is 0 Å². The van der Waals surface area contributed by atoms with Gasteiger partial charge in [-0.1, -0.05) is 6.42 Å². The number of phenols is 3. The predicted molar refractivity (Wildman–Crippen MR) is 61.7 cm³/mol. The molecule has 0 radical (unpaired) electrons. The summed E-state index contributed by atoms with van der Waals surface area (Å²) in [6.07, 6.45) is 2.11. The highest BCUT2D eigenvalue weighted by Crippen LogP contribution is 2.41. The average molecular weight is 239 g/mol. The van der Waals surface area contributed by atoms with Crippen molar-refractivity contribution in [2.24, 2.45) is 11.7 Å². The maximum absolute atomic E-state index is 10.00. The molecule has 1 aromatic carbocycles. The number of phenolic OH excluding ortho intramolecular Hbond substituents is 3. The minimum Gasteiger partial charge on any atom is -0.508 e. The summed E-state index contributed by atoms with van der Waals surface area (Å²) in [5.74, 6) is -0.714. The molecule has 1 aliphatic rings. The standard InChI is InChI=1S/C12H17NO4/c13-11(12(17)6-2-1-3-6)10-8(15)4-7(14)5-9(10)16/h4-6,11-12,14-17H,1-3,13H2/t11-,12+/m0/s1. The number of aliphatic hydroxyl groups excluding tert-OH is 1. The molecule has 0 heterocycles. The van der Waals surface area contributed by atoms with Gasteiger partial charge in [-0.15, -0.1) is 0 Å². The van der Waals surface area contributed by atoms with Crippen LogP contribution in [0.1, 0.15) is 30.9 Å². The summed E-state index contributed by atoms with van der Waals surface area (Å²) in [7, 11) is 0. The molecule has 17 heavy (non-hydrogen) atoms. The highest BCUT2D eigenvalue weighted by molar-refractivity contribution is 5.50. The lowest BCUT2D eigenvalue weighted by atomic mass is 9.77. The van der Waals surface area contributed by atoms with Crippen molar-refractivity contribution in [3.63, 3.8) is 0 Å². The molecule has 0 amide bonds. The lowest BCUT2D eigenvalue weighted by Gasteiger charge is -2.34. The van der Waals surface area contributed by atoms with E-state index in [0.717, 1.165) is 31.4 Å². The van der Waals surface area contributed by atoms with E-state index >= 15 is 0 Å². The van der Waals surface area contributed by atoms with E-state index in [2.05, 4.69) is 0 Å². The van der Waals surface area contributed by atoms with Crippen molar-refractivity contribution in [1.29, 1.82) is 0 Å². The van der Waals surface area contributed by atoms with Gasteiger partial charge in [0.05, 0.1) is 17.7 Å². The van der Waals surface area contributed by atoms with Crippen molar-refractivity contribution in [1.82, 2.24) is 0 Å². The molecule has 0 aromatic heterocycles. The summed E-state index contributed by atoms with van der Waals surface area (Å²) >= 11 is 0. The molecular formula is C12H17NO4. The van der Waals surface area contributed by atoms with Crippen molar-refractivity contribution < 1.29 is 20.4 Å². The first kappa shape index (κ1) is 12.0. The Morgan fingerprint density at radius 2 is 1.65 bits per heavy atom. The SMILES string of the molecule is N[C@@H](c1c(O)cc(O)cc1O)[C@H](O)C1CCC1. The fourth-order valence-electron chi connectivity index (χ4n) is 2.20. The quantitative estimate of drug-likeness (QED) is 0.540. The van der Waals surface area contributed by atoms with E-state index in [0.29, 0.717) is 0 Å². The van der Waals surface area contributed by atoms with Crippen LogP contribution in [0.25, 0.3) is 0 Å². The number of aromatic hydroxyl groups is 3. The van der Waals surface area contributed by atoms with E-state index in [9.17, 15) is 20.4 Å². The van der Waals surface area contributed by atoms with Crippen LogP contribution in [0.5, 0.6) is 17.2 Å². The monoisotopic (exact) mass is 239 g/mol. The molecular weight excluding hydrogens is 222 g/mol. The van der Waals surface area contributed by atoms with Gasteiger partial charge < -0.3 is 26.2 Å². The van der Waals surface area contributed by atoms with Crippen LogP contribution in [0.15, 0.2) is 12.1 Å². The van der Waals surface area contributed by atoms with Crippen molar-refractivity contribution in [2.75, 3.05) is 0 Å². The molecule has 0 bridgehead atoms. The van der Waals surface area contributed by atoms with Crippen LogP contribution in [0.3, 0.4) is 0 Å². The molecule has 2 atom stereocenters. The maximum Gasteiger partial charge on any atom is 0.127 e. The van der Waals surface area contributed by atoms with Gasteiger partial charge in [-0.3, -0.25) is 0 Å². The molecule has 1 aliphatic carbocycles. The van der Waals surface area contributed by atoms with E-state index < -0.39 is 12.1 Å². The normalized spacial score (nSPS) is 19.6. The number of aliphatic hydroxyl groups is 1. The first-order valence-electron chi connectivity index (χ1n) is 5.69. The Morgan fingerprint density at radius 3 is 2.06 bits per heavy atom. The Labute approximate surface area is 99.1 Å². The Morgan fingerprint density at radius 1 is 1.12 bits per heavy atom. The molecule has 6 N–H and O–H groups in total. The van der Waals surface area contributed by atoms with Gasteiger partial charge in [0.1, 0.15) is 17.2 Å². The number of nitrogens with two attached hydrogens (primary N) is 1. The van der Waals surface area contributed by atoms with Crippen molar-refractivity contribution in [2.45, 2.75) is 31.4 Å². The molecule has 0 saturated heterocycles. The highest BCUT2D eigenvalue weighted by Gasteiger charge is 2.33. The molecule has 1 aromatic rings. The Hall–Kier alpha value is -1.46. The lowest BCUT2D eigenvalue weighted by molar-refractivity contribution is 0.0401. The zero-order chi connectivity index (χ0) is 12.6. The number of rotatable bonds is 3. The summed E-state index contributed by atoms with van der Waals surface area (Å²) in [6, 6.07) is 1.35. The highest BCUT2D eigenvalue weighted by atomic mass is 16.3. The van der Waals surface area contributed by atoms with E-state index in [1.54, 1.807) is 0 Å². The van der Waals surface area contributed by atoms with Crippen molar-refractivity contribution in [3.05, 3.63) is 17.7 Å². The minimum absolute atomic E-state index is 0.0854. The third-order valence-electron chi connectivity index (χ3n) is 3.46. The van der Waals surface area contributed by atoms with Crippen molar-refractivity contribution in [3.8, 4) is 17.2 Å². The molecule has 5 heteroatoms. The third kappa shape index (κ3) is 2.16. The van der Waals surface area contributed by atoms with Crippen LogP contribution in [0, 0.1) is 5.92 Å². The second-order valence-corrected chi connectivity index (χ2v) is 4.61. The second-order valence-electron chi connectivity index (χ2n) is 4.61. The van der Waals surface area contributed by atoms with Crippen LogP contribution in [-0.2, 0) is 0 Å². The minimum atomic E-state index is -0.846. The summed E-state index contributed by atoms with van der Waals surface area (Å²) in [5.41, 5.74) is 5.93. The zero-order valence-electron chi connectivity index (χ0n) is 9.37. The number of hydrogen-bond donors (Lipinski definition) is 5. The Balaban J connectivity index is 2.26. The average Bonchev–Trinajstić information content (AvgIpc) is 2.12. The number of hydrogen-bond acceptors (Lipinski definition) is 5. The third-order valence-corrected chi connectivity index (χ3v) is 3.46. The fraction of sp³-hybridized carbons (Fsp3) is 0.500. The molecule has 2 rings (SSSR count). The van der Waals surface area contributed by atoms with Gasteiger partial charge in [0, 0.05) is 12.1 Å². The van der Waals surface area contributed by atoms with Gasteiger partial charge in [0.25, 0.3) is 0 Å². The molecule has 0 unspecified atom stereocenters. The molecule has 5 nitrogen and oxygen atoms in total. The molecule has 1 fully saturated rings. The van der Waals surface area contributed by atoms with Gasteiger partial charge in [-0.2, -0.15) is 0 Å². The van der Waals surface area contributed by atoms with Gasteiger partial charge in [-0.25, -0.2) is 0 Å². The van der Waals surface area contributed by atoms with Gasteiger partial charge >= 0.3 is 0 Å². The first-order valence-corrected chi connectivity index (χ1v) is 5.69. The zero-order valence-corrected chi connectivity index (χ0v) is 9.37. The van der Waals surface area contributed by atoms with Gasteiger partial charge in [0.15, 0.2) is 0 Å². The van der Waals surface area contributed by atoms with E-state index in [1.807, 2.05) is 0 Å². The maximum atomic E-state index is 10.00. The Kier molecular flexibility index (Phi) is 3.13. The second kappa shape index (κ2) is 4.43. The molecule has 1 saturated carbocycles.